The third kappa shape index (κ3) is 3.46. The lowest BCUT2D eigenvalue weighted by molar-refractivity contribution is 0.0988. The molecule has 1 N–H and O–H groups in total. The Morgan fingerprint density at radius 2 is 2.15 bits per heavy atom. The number of pyridine rings is 1. The van der Waals surface area contributed by atoms with Crippen molar-refractivity contribution in [2.75, 3.05) is 5.32 Å². The molecule has 0 aliphatic rings. The Labute approximate surface area is 165 Å². The summed E-state index contributed by atoms with van der Waals surface area (Å²) in [6.07, 6.45) is 4.17. The van der Waals surface area contributed by atoms with E-state index in [0.717, 1.165) is 32.7 Å². The van der Waals surface area contributed by atoms with Gasteiger partial charge in [0.2, 0.25) is 0 Å². The van der Waals surface area contributed by atoms with Crippen molar-refractivity contribution in [2.45, 2.75) is 20.3 Å². The smallest absolute Gasteiger partial charge is 0.187 e. The number of Topliss-reactive ketones (excluding diaryl/α,β-unsaturated/α-hetero) is 1. The van der Waals surface area contributed by atoms with Gasteiger partial charge in [-0.25, -0.2) is 9.97 Å². The molecule has 3 aromatic heterocycles. The number of halogens is 1. The first kappa shape index (κ1) is 17.7. The van der Waals surface area contributed by atoms with Gasteiger partial charge in [-0.3, -0.25) is 9.20 Å². The molecule has 0 radical (unpaired) electrons. The van der Waals surface area contributed by atoms with Crippen molar-refractivity contribution in [3.05, 3.63) is 65.1 Å². The van der Waals surface area contributed by atoms with Gasteiger partial charge in [0.15, 0.2) is 10.9 Å². The number of rotatable bonds is 5. The number of aryl methyl sites for hydroxylation is 1. The fourth-order valence-corrected chi connectivity index (χ4v) is 4.06. The highest BCUT2D eigenvalue weighted by atomic mass is 35.5. The summed E-state index contributed by atoms with van der Waals surface area (Å²) in [5.41, 5.74) is 4.29. The summed E-state index contributed by atoms with van der Waals surface area (Å²) < 4.78 is 1.98. The lowest BCUT2D eigenvalue weighted by Gasteiger charge is -2.04. The van der Waals surface area contributed by atoms with Gasteiger partial charge in [-0.1, -0.05) is 42.0 Å². The molecule has 0 bridgehead atoms. The Hall–Kier alpha value is -2.70. The molecule has 4 aromatic rings. The second-order valence-corrected chi connectivity index (χ2v) is 7.60. The van der Waals surface area contributed by atoms with Crippen LogP contribution in [0, 0.1) is 6.92 Å². The van der Waals surface area contributed by atoms with E-state index >= 15 is 0 Å². The molecular weight excluding hydrogens is 380 g/mol. The van der Waals surface area contributed by atoms with E-state index in [1.807, 2.05) is 67.0 Å². The minimum atomic E-state index is 0.122. The summed E-state index contributed by atoms with van der Waals surface area (Å²) in [6, 6.07) is 11.2. The Balaban J connectivity index is 1.66. The van der Waals surface area contributed by atoms with Crippen LogP contribution in [-0.4, -0.2) is 20.2 Å². The zero-order valence-corrected chi connectivity index (χ0v) is 16.4. The van der Waals surface area contributed by atoms with E-state index in [0.29, 0.717) is 17.0 Å². The maximum atomic E-state index is 11.9. The van der Waals surface area contributed by atoms with Gasteiger partial charge in [0.05, 0.1) is 21.3 Å². The van der Waals surface area contributed by atoms with Crippen LogP contribution in [0.25, 0.3) is 16.2 Å². The third-order valence-corrected chi connectivity index (χ3v) is 5.40. The van der Waals surface area contributed by atoms with E-state index in [-0.39, 0.29) is 5.78 Å². The van der Waals surface area contributed by atoms with Gasteiger partial charge < -0.3 is 5.32 Å². The molecule has 0 aliphatic heterocycles. The molecule has 0 fully saturated rings. The van der Waals surface area contributed by atoms with Crippen LogP contribution in [0.3, 0.4) is 0 Å². The van der Waals surface area contributed by atoms with Gasteiger partial charge in [-0.05, 0) is 31.2 Å². The number of imidazole rings is 1. The first-order chi connectivity index (χ1) is 13.0. The van der Waals surface area contributed by atoms with E-state index in [1.54, 1.807) is 0 Å². The van der Waals surface area contributed by atoms with Gasteiger partial charge >= 0.3 is 0 Å². The molecule has 0 aliphatic carbocycles. The maximum Gasteiger partial charge on any atom is 0.187 e. The Morgan fingerprint density at radius 3 is 2.96 bits per heavy atom. The second-order valence-electron chi connectivity index (χ2n) is 6.13. The lowest BCUT2D eigenvalue weighted by atomic mass is 10.1. The molecule has 5 nitrogen and oxygen atoms in total. The quantitative estimate of drug-likeness (QED) is 0.436. The summed E-state index contributed by atoms with van der Waals surface area (Å²) in [5, 5.41) is 4.69. The first-order valence-corrected chi connectivity index (χ1v) is 9.75. The number of carbonyl (C=O) groups is 1. The fraction of sp³-hybridized carbons (Fsp3) is 0.150. The monoisotopic (exact) mass is 396 g/mol. The second kappa shape index (κ2) is 7.13. The van der Waals surface area contributed by atoms with E-state index in [9.17, 15) is 4.79 Å². The van der Waals surface area contributed by atoms with Gasteiger partial charge in [-0.2, -0.15) is 0 Å². The highest BCUT2D eigenvalue weighted by molar-refractivity contribution is 7.18. The van der Waals surface area contributed by atoms with Crippen molar-refractivity contribution >= 4 is 45.2 Å². The van der Waals surface area contributed by atoms with Crippen molar-refractivity contribution in [1.29, 1.82) is 0 Å². The Bertz CT molecular complexity index is 1150. The SMILES string of the molecule is CCC(=O)c1cccc(Nc2ncc(-c3c(C)nc4ccc(Cl)cn34)s2)c1. The number of nitrogens with one attached hydrogen (secondary N) is 1. The van der Waals surface area contributed by atoms with Gasteiger partial charge in [0, 0.05) is 30.1 Å². The maximum absolute atomic E-state index is 11.9. The highest BCUT2D eigenvalue weighted by Gasteiger charge is 2.14. The predicted molar refractivity (Wildman–Crippen MR) is 110 cm³/mol. The number of aromatic nitrogens is 3. The number of hydrogen-bond donors (Lipinski definition) is 1. The van der Waals surface area contributed by atoms with E-state index < -0.39 is 0 Å². The number of carbonyl (C=O) groups excluding carboxylic acids is 1. The van der Waals surface area contributed by atoms with Crippen LogP contribution in [0.2, 0.25) is 5.02 Å². The lowest BCUT2D eigenvalue weighted by Crippen LogP contribution is -1.97. The minimum Gasteiger partial charge on any atom is -0.332 e. The van der Waals surface area contributed by atoms with Crippen LogP contribution < -0.4 is 5.32 Å². The average molecular weight is 397 g/mol. The molecule has 0 atom stereocenters. The Kier molecular flexibility index (Phi) is 4.68. The first-order valence-electron chi connectivity index (χ1n) is 8.56. The molecule has 1 aromatic carbocycles. The summed E-state index contributed by atoms with van der Waals surface area (Å²) >= 11 is 7.68. The number of benzene rings is 1. The Morgan fingerprint density at radius 1 is 1.30 bits per heavy atom. The van der Waals surface area contributed by atoms with E-state index in [4.69, 9.17) is 11.6 Å². The van der Waals surface area contributed by atoms with Gasteiger partial charge in [0.25, 0.3) is 0 Å². The molecule has 7 heteroatoms. The van der Waals surface area contributed by atoms with Gasteiger partial charge in [-0.15, -0.1) is 0 Å². The van der Waals surface area contributed by atoms with Crippen LogP contribution in [0.1, 0.15) is 29.4 Å². The summed E-state index contributed by atoms with van der Waals surface area (Å²) in [6.45, 7) is 3.84. The number of ketones is 1. The van der Waals surface area contributed by atoms with Crippen LogP contribution in [0.4, 0.5) is 10.8 Å². The van der Waals surface area contributed by atoms with E-state index in [1.165, 1.54) is 11.3 Å². The van der Waals surface area contributed by atoms with E-state index in [2.05, 4.69) is 15.3 Å². The zero-order chi connectivity index (χ0) is 19.0. The third-order valence-electron chi connectivity index (χ3n) is 4.25. The van der Waals surface area contributed by atoms with Crippen molar-refractivity contribution < 1.29 is 4.79 Å². The molecule has 27 heavy (non-hydrogen) atoms. The minimum absolute atomic E-state index is 0.122. The van der Waals surface area contributed by atoms with Crippen molar-refractivity contribution in [1.82, 2.24) is 14.4 Å². The predicted octanol–water partition coefficient (Wildman–Crippen LogP) is 5.76. The van der Waals surface area contributed by atoms with Crippen molar-refractivity contribution in [2.24, 2.45) is 0 Å². The van der Waals surface area contributed by atoms with Crippen LogP contribution in [0.15, 0.2) is 48.8 Å². The topological polar surface area (TPSA) is 59.3 Å². The number of fused-ring (bicyclic) bond motifs is 1. The van der Waals surface area contributed by atoms with Crippen molar-refractivity contribution in [3.63, 3.8) is 0 Å². The zero-order valence-electron chi connectivity index (χ0n) is 14.9. The molecule has 136 valence electrons. The van der Waals surface area contributed by atoms with Crippen molar-refractivity contribution in [3.8, 4) is 10.6 Å². The fourth-order valence-electron chi connectivity index (χ4n) is 2.97. The molecule has 0 saturated heterocycles. The van der Waals surface area contributed by atoms with Crippen LogP contribution in [-0.2, 0) is 0 Å². The standard InChI is InChI=1S/C20H17ClN4OS/c1-3-16(26)13-5-4-6-15(9-13)24-20-22-10-17(27-20)19-12(2)23-18-8-7-14(21)11-25(18)19/h4-11H,3H2,1-2H3,(H,22,24). The average Bonchev–Trinajstić information content (AvgIpc) is 3.24. The highest BCUT2D eigenvalue weighted by Crippen LogP contribution is 2.33. The summed E-state index contributed by atoms with van der Waals surface area (Å²) in [4.78, 5) is 22.0. The number of hydrogen-bond acceptors (Lipinski definition) is 5. The molecule has 0 unspecified atom stereocenters. The molecule has 0 amide bonds. The molecule has 4 rings (SSSR count). The summed E-state index contributed by atoms with van der Waals surface area (Å²) in [5.74, 6) is 0.122. The number of nitrogens with zero attached hydrogens (tertiary/aromatic N) is 3. The van der Waals surface area contributed by atoms with Crippen LogP contribution >= 0.6 is 22.9 Å². The number of thiazole rings is 1. The van der Waals surface area contributed by atoms with Gasteiger partial charge in [0.1, 0.15) is 5.65 Å². The normalized spacial score (nSPS) is 11.1. The van der Waals surface area contributed by atoms with Crippen LogP contribution in [0.5, 0.6) is 0 Å². The largest absolute Gasteiger partial charge is 0.332 e. The molecular formula is C20H17ClN4OS. The molecule has 3 heterocycles. The molecule has 0 saturated carbocycles. The summed E-state index contributed by atoms with van der Waals surface area (Å²) in [7, 11) is 0. The number of anilines is 2. The molecule has 0 spiro atoms.